The number of fused-ring (bicyclic) bond motifs is 8. The van der Waals surface area contributed by atoms with Crippen molar-refractivity contribution in [2.45, 2.75) is 59.5 Å². The van der Waals surface area contributed by atoms with Gasteiger partial charge in [0.15, 0.2) is 0 Å². The van der Waals surface area contributed by atoms with E-state index in [-0.39, 0.29) is 24.3 Å². The number of aromatic nitrogens is 4. The maximum absolute atomic E-state index is 14.8. The summed E-state index contributed by atoms with van der Waals surface area (Å²) >= 11 is 0. The Labute approximate surface area is 330 Å². The fourth-order valence-electron chi connectivity index (χ4n) is 8.47. The molecule has 0 unspecified atom stereocenters. The lowest BCUT2D eigenvalue weighted by atomic mass is 9.85. The van der Waals surface area contributed by atoms with E-state index in [2.05, 4.69) is 62.0 Å². The Morgan fingerprint density at radius 3 is 2.19 bits per heavy atom. The molecule has 3 amide bonds. The number of hydrogen-bond acceptors (Lipinski definition) is 5. The van der Waals surface area contributed by atoms with Crippen LogP contribution in [0, 0.1) is 20.8 Å². The fourth-order valence-corrected chi connectivity index (χ4v) is 8.47. The molecule has 9 nitrogen and oxygen atoms in total. The molecule has 0 fully saturated rings. The molecule has 0 spiro atoms. The Kier molecular flexibility index (Phi) is 8.61. The highest BCUT2D eigenvalue weighted by atomic mass is 16.2. The molecular formula is C48H42N6O3. The van der Waals surface area contributed by atoms with Gasteiger partial charge in [0.2, 0.25) is 0 Å². The predicted molar refractivity (Wildman–Crippen MR) is 224 cm³/mol. The van der Waals surface area contributed by atoms with Crippen LogP contribution in [0.25, 0.3) is 46.0 Å². The smallest absolute Gasteiger partial charge is 0.264 e. The van der Waals surface area contributed by atoms with Gasteiger partial charge in [0.05, 0.1) is 51.5 Å². The van der Waals surface area contributed by atoms with Crippen LogP contribution in [0.15, 0.2) is 91.0 Å². The molecule has 8 bridgehead atoms. The highest BCUT2D eigenvalue weighted by Gasteiger charge is 2.39. The van der Waals surface area contributed by atoms with E-state index in [1.54, 1.807) is 0 Å². The molecule has 0 aliphatic carbocycles. The van der Waals surface area contributed by atoms with Crippen LogP contribution in [0.5, 0.6) is 0 Å². The molecule has 282 valence electrons. The van der Waals surface area contributed by atoms with Gasteiger partial charge < -0.3 is 15.3 Å². The maximum atomic E-state index is 14.8. The molecule has 0 atom stereocenters. The topological polar surface area (TPSA) is 124 Å². The number of nitrogens with zero attached hydrogens (tertiary/aromatic N) is 3. The standard InChI is InChI=1S/C48H42N6O3/c1-27-18-28(2)41(29(3)19-27)42-36-17-16-32(50-36)21-37-34(45(55)49-25-30-12-8-6-9-13-30)20-33(51-37)22-40-48(4,5)24-39(52-40)43-44-35(23-38(42)53-44)46(56)54(47(43)57)26-31-14-10-7-11-15-31/h6-23,52-53H,24-26H2,1-5H3,(H,49,55). The molecule has 3 N–H and O–H groups in total. The Morgan fingerprint density at radius 2 is 1.47 bits per heavy atom. The van der Waals surface area contributed by atoms with Crippen LogP contribution in [0.4, 0.5) is 0 Å². The van der Waals surface area contributed by atoms with Crippen molar-refractivity contribution < 1.29 is 14.4 Å². The first-order chi connectivity index (χ1) is 27.4. The van der Waals surface area contributed by atoms with E-state index in [0.717, 1.165) is 44.6 Å². The predicted octanol–water partition coefficient (Wildman–Crippen LogP) is 8.97. The number of nitrogens with one attached hydrogen (secondary N) is 3. The number of aryl methyl sites for hydroxylation is 3. The van der Waals surface area contributed by atoms with Crippen LogP contribution >= 0.6 is 0 Å². The van der Waals surface area contributed by atoms with Crippen molar-refractivity contribution in [1.29, 1.82) is 0 Å². The quantitative estimate of drug-likeness (QED) is 0.147. The van der Waals surface area contributed by atoms with Crippen LogP contribution in [0.3, 0.4) is 0 Å². The van der Waals surface area contributed by atoms with E-state index in [0.29, 0.717) is 69.2 Å². The van der Waals surface area contributed by atoms with Crippen molar-refractivity contribution in [3.05, 3.63) is 164 Å². The van der Waals surface area contributed by atoms with Crippen LogP contribution in [0.1, 0.15) is 96.5 Å². The SMILES string of the molecule is Cc1cc(C)c(-c2c3nc(cc4nc(cc5[nH]c(c6c7[nH]c2cc7C(=O)N(Cc2ccccc2)C6=O)CC5(C)C)C=C4C(=O)NCc2ccccc2)C=C3)c(C)c1. The highest BCUT2D eigenvalue weighted by Crippen LogP contribution is 2.40. The molecule has 0 saturated heterocycles. The Morgan fingerprint density at radius 1 is 0.772 bits per heavy atom. The molecule has 4 aliphatic rings. The molecule has 0 radical (unpaired) electrons. The molecular weight excluding hydrogens is 709 g/mol. The van der Waals surface area contributed by atoms with Crippen molar-refractivity contribution in [3.63, 3.8) is 0 Å². The molecule has 0 saturated carbocycles. The molecule has 9 heteroatoms. The molecule has 3 aromatic carbocycles. The number of carbonyl (C=O) groups is 3. The number of rotatable bonds is 6. The summed E-state index contributed by atoms with van der Waals surface area (Å²) < 4.78 is 0. The number of imide groups is 1. The van der Waals surface area contributed by atoms with Gasteiger partial charge in [-0.15, -0.1) is 0 Å². The number of amides is 3. The normalized spacial score (nSPS) is 14.8. The van der Waals surface area contributed by atoms with Crippen molar-refractivity contribution in [3.8, 4) is 11.1 Å². The third-order valence-corrected chi connectivity index (χ3v) is 11.2. The zero-order valence-corrected chi connectivity index (χ0v) is 32.6. The van der Waals surface area contributed by atoms with Gasteiger partial charge in [-0.2, -0.15) is 0 Å². The van der Waals surface area contributed by atoms with E-state index in [1.165, 1.54) is 4.90 Å². The van der Waals surface area contributed by atoms with E-state index >= 15 is 0 Å². The van der Waals surface area contributed by atoms with Crippen molar-refractivity contribution >= 4 is 52.6 Å². The highest BCUT2D eigenvalue weighted by molar-refractivity contribution is 6.25. The number of hydrogen-bond donors (Lipinski definition) is 3. The third kappa shape index (κ3) is 6.44. The first-order valence-electron chi connectivity index (χ1n) is 19.2. The van der Waals surface area contributed by atoms with Gasteiger partial charge in [-0.05, 0) is 91.4 Å². The van der Waals surface area contributed by atoms with Gasteiger partial charge in [-0.25, -0.2) is 9.97 Å². The van der Waals surface area contributed by atoms with E-state index in [9.17, 15) is 14.4 Å². The lowest BCUT2D eigenvalue weighted by Gasteiger charge is -2.25. The number of H-pyrrole nitrogens is 2. The largest absolute Gasteiger partial charge is 0.361 e. The van der Waals surface area contributed by atoms with E-state index in [1.807, 2.05) is 97.1 Å². The van der Waals surface area contributed by atoms with Crippen LogP contribution in [-0.4, -0.2) is 42.6 Å². The van der Waals surface area contributed by atoms with Crippen LogP contribution in [-0.2, 0) is 29.7 Å². The van der Waals surface area contributed by atoms with Gasteiger partial charge in [0, 0.05) is 34.4 Å². The second kappa shape index (κ2) is 13.7. The summed E-state index contributed by atoms with van der Waals surface area (Å²) in [6.45, 7) is 11.0. The number of carbonyl (C=O) groups excluding carboxylic acids is 3. The summed E-state index contributed by atoms with van der Waals surface area (Å²) in [6, 6.07) is 29.3. The lowest BCUT2D eigenvalue weighted by Crippen LogP contribution is -2.40. The van der Waals surface area contributed by atoms with Crippen molar-refractivity contribution in [1.82, 2.24) is 30.2 Å². The Balaban J connectivity index is 1.33. The van der Waals surface area contributed by atoms with Crippen molar-refractivity contribution in [2.75, 3.05) is 0 Å². The van der Waals surface area contributed by atoms with Gasteiger partial charge in [-0.1, -0.05) is 92.2 Å². The van der Waals surface area contributed by atoms with Gasteiger partial charge in [0.1, 0.15) is 0 Å². The molecule has 9 rings (SSSR count). The zero-order valence-electron chi connectivity index (χ0n) is 32.6. The summed E-state index contributed by atoms with van der Waals surface area (Å²) in [5.74, 6) is -0.971. The molecule has 6 heterocycles. The molecule has 5 aromatic rings. The average molecular weight is 751 g/mol. The summed E-state index contributed by atoms with van der Waals surface area (Å²) in [7, 11) is 0. The molecule has 4 aliphatic heterocycles. The summed E-state index contributed by atoms with van der Waals surface area (Å²) in [6.07, 6.45) is 6.19. The van der Waals surface area contributed by atoms with E-state index in [4.69, 9.17) is 9.97 Å². The summed E-state index contributed by atoms with van der Waals surface area (Å²) in [5, 5.41) is 3.07. The maximum Gasteiger partial charge on any atom is 0.264 e. The van der Waals surface area contributed by atoms with Crippen molar-refractivity contribution in [2.24, 2.45) is 0 Å². The van der Waals surface area contributed by atoms with Crippen LogP contribution < -0.4 is 5.32 Å². The fraction of sp³-hybridized carbons (Fsp3) is 0.188. The first-order valence-corrected chi connectivity index (χ1v) is 19.2. The summed E-state index contributed by atoms with van der Waals surface area (Å²) in [5.41, 5.74) is 12.9. The second-order valence-electron chi connectivity index (χ2n) is 15.9. The number of benzene rings is 3. The Hall–Kier alpha value is -6.87. The third-order valence-electron chi connectivity index (χ3n) is 11.2. The van der Waals surface area contributed by atoms with Gasteiger partial charge >= 0.3 is 0 Å². The minimum absolute atomic E-state index is 0.132. The van der Waals surface area contributed by atoms with Crippen LogP contribution in [0.2, 0.25) is 0 Å². The van der Waals surface area contributed by atoms with Gasteiger partial charge in [0.25, 0.3) is 17.7 Å². The van der Waals surface area contributed by atoms with Gasteiger partial charge in [-0.3, -0.25) is 19.3 Å². The lowest BCUT2D eigenvalue weighted by molar-refractivity contribution is -0.115. The zero-order chi connectivity index (χ0) is 39.6. The summed E-state index contributed by atoms with van der Waals surface area (Å²) in [4.78, 5) is 61.8. The van der Waals surface area contributed by atoms with E-state index < -0.39 is 5.41 Å². The average Bonchev–Trinajstić information content (AvgIpc) is 3.98. The Bertz CT molecular complexity index is 2780. The first kappa shape index (κ1) is 35.8. The number of aromatic amines is 2. The molecule has 2 aromatic heterocycles. The molecule has 57 heavy (non-hydrogen) atoms. The monoisotopic (exact) mass is 750 g/mol. The second-order valence-corrected chi connectivity index (χ2v) is 15.9. The minimum atomic E-state index is -0.439. The minimum Gasteiger partial charge on any atom is -0.361 e.